The van der Waals surface area contributed by atoms with E-state index < -0.39 is 59.6 Å². The molecular formula is C30H35N6O7+. The summed E-state index contributed by atoms with van der Waals surface area (Å²) >= 11 is 0. The molecule has 13 nitrogen and oxygen atoms in total. The van der Waals surface area contributed by atoms with Gasteiger partial charge in [-0.1, -0.05) is 48.5 Å². The van der Waals surface area contributed by atoms with Crippen LogP contribution in [0.2, 0.25) is 0 Å². The van der Waals surface area contributed by atoms with E-state index in [4.69, 9.17) is 0 Å². The maximum Gasteiger partial charge on any atom is 0.310 e. The van der Waals surface area contributed by atoms with E-state index in [0.29, 0.717) is 18.5 Å². The third-order valence-electron chi connectivity index (χ3n) is 7.65. The average Bonchev–Trinajstić information content (AvgIpc) is 3.63. The Balaban J connectivity index is 1.46. The molecule has 4 atom stereocenters. The van der Waals surface area contributed by atoms with Gasteiger partial charge in [-0.05, 0) is 49.4 Å². The number of para-hydroxylation sites is 1. The molecule has 13 heteroatoms. The fraction of sp³-hybridized carbons (Fsp3) is 0.400. The highest BCUT2D eigenvalue weighted by Crippen LogP contribution is 2.21. The van der Waals surface area contributed by atoms with Gasteiger partial charge in [-0.25, -0.2) is 0 Å². The van der Waals surface area contributed by atoms with E-state index in [2.05, 4.69) is 10.6 Å². The number of hydrogen-bond donors (Lipinski definition) is 3. The summed E-state index contributed by atoms with van der Waals surface area (Å²) in [7, 11) is 0. The van der Waals surface area contributed by atoms with Gasteiger partial charge >= 0.3 is 5.91 Å². The van der Waals surface area contributed by atoms with Gasteiger partial charge in [-0.15, -0.1) is 0 Å². The van der Waals surface area contributed by atoms with Crippen molar-refractivity contribution in [2.24, 2.45) is 0 Å². The number of likely N-dealkylation sites (tertiary alicyclic amines) is 2. The number of nitrogens with zero attached hydrogens (tertiary/aromatic N) is 3. The number of imide groups is 1. The molecule has 2 saturated heterocycles. The predicted molar refractivity (Wildman–Crippen MR) is 153 cm³/mol. The first kappa shape index (κ1) is 31.0. The van der Waals surface area contributed by atoms with E-state index in [1.807, 2.05) is 6.07 Å². The highest BCUT2D eigenvalue weighted by Gasteiger charge is 2.41. The van der Waals surface area contributed by atoms with Gasteiger partial charge in [0.25, 0.3) is 0 Å². The number of amides is 6. The van der Waals surface area contributed by atoms with Crippen LogP contribution in [0.4, 0.5) is 5.69 Å². The van der Waals surface area contributed by atoms with Crippen LogP contribution in [0.25, 0.3) is 0 Å². The molecule has 226 valence electrons. The van der Waals surface area contributed by atoms with E-state index in [1.165, 1.54) is 18.7 Å². The summed E-state index contributed by atoms with van der Waals surface area (Å²) in [6.07, 6.45) is 1.02. The van der Waals surface area contributed by atoms with Gasteiger partial charge in [-0.2, -0.15) is 0 Å². The summed E-state index contributed by atoms with van der Waals surface area (Å²) in [6.45, 7) is 3.14. The maximum absolute atomic E-state index is 13.6. The molecule has 2 aliphatic heterocycles. The molecule has 0 bridgehead atoms. The van der Waals surface area contributed by atoms with Crippen LogP contribution in [0.5, 0.6) is 0 Å². The highest BCUT2D eigenvalue weighted by molar-refractivity contribution is 6.06. The number of benzene rings is 2. The molecule has 2 aliphatic rings. The Bertz CT molecular complexity index is 1370. The van der Waals surface area contributed by atoms with Gasteiger partial charge in [0, 0.05) is 30.7 Å². The fourth-order valence-electron chi connectivity index (χ4n) is 5.37. The van der Waals surface area contributed by atoms with Crippen molar-refractivity contribution >= 4 is 41.1 Å². The van der Waals surface area contributed by atoms with Crippen molar-refractivity contribution < 1.29 is 34.1 Å². The Morgan fingerprint density at radius 1 is 0.930 bits per heavy atom. The number of rotatable bonds is 11. The van der Waals surface area contributed by atoms with E-state index in [9.17, 15) is 33.7 Å². The third-order valence-corrected chi connectivity index (χ3v) is 7.65. The molecule has 0 saturated carbocycles. The summed E-state index contributed by atoms with van der Waals surface area (Å²) in [5.41, 5.74) is 1.04. The smallest absolute Gasteiger partial charge is 0.310 e. The molecular weight excluding hydrogens is 556 g/mol. The first-order valence-corrected chi connectivity index (χ1v) is 14.2. The molecule has 3 N–H and O–H groups in total. The standard InChI is InChI=1S/C30H34N6O7/c1-19(31-27(39)20(2)35-25(37)15-16-26(35)38)29(41)34-17-9-14-24(34)28(40)32-23(18-21-10-5-3-6-11-21)30(42)36(33-43)22-12-7-4-8-13-22/h3-8,10-13,19-20,23-24H,9,14-18H2,1-2H3,(H,31,39)(H,32,40)/p+1/t19-,20-,23-,24-/m0/s1. The Morgan fingerprint density at radius 2 is 1.53 bits per heavy atom. The quantitative estimate of drug-likeness (QED) is 0.235. The lowest BCUT2D eigenvalue weighted by Gasteiger charge is -2.29. The van der Waals surface area contributed by atoms with Gasteiger partial charge < -0.3 is 15.5 Å². The van der Waals surface area contributed by atoms with Gasteiger partial charge in [0.15, 0.2) is 0 Å². The Kier molecular flexibility index (Phi) is 9.96. The molecule has 0 aliphatic carbocycles. The average molecular weight is 592 g/mol. The second kappa shape index (κ2) is 13.8. The van der Waals surface area contributed by atoms with Crippen LogP contribution < -0.4 is 20.9 Å². The van der Waals surface area contributed by atoms with Crippen LogP contribution in [-0.2, 0) is 35.2 Å². The number of carbonyl (C=O) groups excluding carboxylic acids is 6. The molecule has 2 aromatic carbocycles. The largest absolute Gasteiger partial charge is 0.343 e. The van der Waals surface area contributed by atoms with Crippen molar-refractivity contribution in [1.82, 2.24) is 20.4 Å². The van der Waals surface area contributed by atoms with Crippen molar-refractivity contribution in [2.45, 2.75) is 70.1 Å². The van der Waals surface area contributed by atoms with Gasteiger partial charge in [0.2, 0.25) is 29.5 Å². The first-order valence-electron chi connectivity index (χ1n) is 14.2. The van der Waals surface area contributed by atoms with Crippen molar-refractivity contribution in [1.29, 1.82) is 0 Å². The van der Waals surface area contributed by atoms with Crippen molar-refractivity contribution in [3.8, 4) is 0 Å². The zero-order valence-corrected chi connectivity index (χ0v) is 24.0. The number of nitrogens with one attached hydrogen (secondary N) is 3. The Hall–Kier alpha value is -4.94. The normalized spacial score (nSPS) is 18.5. The number of hydrazine groups is 1. The van der Waals surface area contributed by atoms with E-state index in [0.717, 1.165) is 15.5 Å². The molecule has 0 radical (unpaired) electrons. The minimum Gasteiger partial charge on any atom is -0.343 e. The fourth-order valence-corrected chi connectivity index (χ4v) is 5.37. The van der Waals surface area contributed by atoms with Crippen LogP contribution in [0.1, 0.15) is 45.1 Å². The van der Waals surface area contributed by atoms with E-state index >= 15 is 0 Å². The van der Waals surface area contributed by atoms with Crippen LogP contribution in [-0.4, -0.2) is 76.0 Å². The molecule has 0 spiro atoms. The van der Waals surface area contributed by atoms with Crippen LogP contribution in [0.15, 0.2) is 60.7 Å². The minimum absolute atomic E-state index is 0.0390. The van der Waals surface area contributed by atoms with Crippen molar-refractivity contribution in [3.63, 3.8) is 0 Å². The minimum atomic E-state index is -1.14. The second-order valence-corrected chi connectivity index (χ2v) is 10.6. The van der Waals surface area contributed by atoms with Crippen molar-refractivity contribution in [3.05, 3.63) is 71.1 Å². The van der Waals surface area contributed by atoms with E-state index in [-0.39, 0.29) is 25.8 Å². The molecule has 2 heterocycles. The molecule has 43 heavy (non-hydrogen) atoms. The van der Waals surface area contributed by atoms with E-state index in [1.54, 1.807) is 59.9 Å². The highest BCUT2D eigenvalue weighted by atomic mass is 16.3. The monoisotopic (exact) mass is 591 g/mol. The second-order valence-electron chi connectivity index (χ2n) is 10.6. The number of anilines is 1. The zero-order valence-electron chi connectivity index (χ0n) is 24.0. The summed E-state index contributed by atoms with van der Waals surface area (Å²) in [4.78, 5) is 91.5. The van der Waals surface area contributed by atoms with Crippen LogP contribution in [0, 0.1) is 4.91 Å². The molecule has 0 aromatic heterocycles. The first-order chi connectivity index (χ1) is 20.6. The number of carbonyl (C=O) groups is 6. The van der Waals surface area contributed by atoms with Gasteiger partial charge in [-0.3, -0.25) is 33.7 Å². The zero-order chi connectivity index (χ0) is 31.1. The lowest BCUT2D eigenvalue weighted by atomic mass is 10.0. The lowest BCUT2D eigenvalue weighted by molar-refractivity contribution is -0.484. The SMILES string of the molecule is C[C@H](NC(=O)[C@H](C)N1C(=O)CCC1=O)C(=O)N1CCC[C@H]1C(=O)N[C@@H](Cc1ccccc1)C(=O)N([NH+]=O)c1ccccc1. The summed E-state index contributed by atoms with van der Waals surface area (Å²) in [6, 6.07) is 13.0. The molecule has 4 rings (SSSR count). The topological polar surface area (TPSA) is 167 Å². The number of hydrogen-bond acceptors (Lipinski definition) is 7. The number of nitroso groups, excluding NO2 is 1. The maximum atomic E-state index is 13.6. The Morgan fingerprint density at radius 3 is 2.14 bits per heavy atom. The summed E-state index contributed by atoms with van der Waals surface area (Å²) in [5.74, 6) is -3.32. The molecule has 2 aromatic rings. The molecule has 0 unspecified atom stereocenters. The van der Waals surface area contributed by atoms with Gasteiger partial charge in [0.1, 0.15) is 35.1 Å². The summed E-state index contributed by atoms with van der Waals surface area (Å²) in [5, 5.41) is 7.78. The van der Waals surface area contributed by atoms with Crippen LogP contribution in [0.3, 0.4) is 0 Å². The van der Waals surface area contributed by atoms with Crippen molar-refractivity contribution in [2.75, 3.05) is 11.6 Å². The van der Waals surface area contributed by atoms with Crippen LogP contribution >= 0.6 is 0 Å². The molecule has 6 amide bonds. The summed E-state index contributed by atoms with van der Waals surface area (Å²) < 4.78 is 0. The third kappa shape index (κ3) is 7.11. The lowest BCUT2D eigenvalue weighted by Crippen LogP contribution is -2.82. The Labute approximate surface area is 248 Å². The van der Waals surface area contributed by atoms with Gasteiger partial charge in [0.05, 0.1) is 0 Å². The predicted octanol–water partition coefficient (Wildman–Crippen LogP) is -0.458. The molecule has 2 fully saturated rings.